The van der Waals surface area contributed by atoms with Crippen molar-refractivity contribution in [2.45, 2.75) is 12.5 Å². The molecule has 4 nitrogen and oxygen atoms in total. The molecule has 1 aliphatic heterocycles. The highest BCUT2D eigenvalue weighted by Gasteiger charge is 2.27. The molecule has 1 atom stereocenters. The van der Waals surface area contributed by atoms with Crippen molar-refractivity contribution in [1.29, 1.82) is 5.26 Å². The third-order valence-corrected chi connectivity index (χ3v) is 3.41. The van der Waals surface area contributed by atoms with Gasteiger partial charge in [0.2, 0.25) is 5.78 Å². The maximum absolute atomic E-state index is 12.6. The number of nitriles is 1. The van der Waals surface area contributed by atoms with E-state index in [0.717, 1.165) is 13.1 Å². The molecule has 1 rings (SSSR count). The second-order valence-electron chi connectivity index (χ2n) is 3.68. The Kier molecular flexibility index (Phi) is 5.31. The minimum absolute atomic E-state index is 0.000972. The molecule has 0 aromatic heterocycles. The van der Waals surface area contributed by atoms with Gasteiger partial charge < -0.3 is 0 Å². The quantitative estimate of drug-likeness (QED) is 0.441. The Balaban J connectivity index is 2.59. The number of rotatable bonds is 4. The number of carbonyl (C=O) groups excluding carboxylic acids is 1. The molecule has 88 valence electrons. The fraction of sp³-hybridized carbons (Fsp3) is 0.600. The van der Waals surface area contributed by atoms with Crippen molar-refractivity contribution in [2.75, 3.05) is 26.2 Å². The third-order valence-electron chi connectivity index (χ3n) is 2.53. The lowest BCUT2D eigenvalue weighted by Gasteiger charge is -2.37. The van der Waals surface area contributed by atoms with E-state index >= 15 is 0 Å². The first kappa shape index (κ1) is 13.5. The van der Waals surface area contributed by atoms with Gasteiger partial charge in [0.25, 0.3) is 0 Å². The predicted molar refractivity (Wildman–Crippen MR) is 66.4 cm³/mol. The van der Waals surface area contributed by atoms with E-state index in [4.69, 9.17) is 5.26 Å². The van der Waals surface area contributed by atoms with Gasteiger partial charge in [0.1, 0.15) is 0 Å². The highest BCUT2D eigenvalue weighted by molar-refractivity contribution is 14.1. The molecule has 0 radical (unpaired) electrons. The van der Waals surface area contributed by atoms with Crippen molar-refractivity contribution >= 4 is 28.6 Å². The van der Waals surface area contributed by atoms with E-state index in [-0.39, 0.29) is 12.6 Å². The summed E-state index contributed by atoms with van der Waals surface area (Å²) in [5.74, 6) is -1.50. The molecule has 0 N–H and O–H groups in total. The fourth-order valence-corrected chi connectivity index (χ4v) is 2.30. The van der Waals surface area contributed by atoms with Crippen LogP contribution in [0, 0.1) is 11.3 Å². The summed E-state index contributed by atoms with van der Waals surface area (Å²) >= 11 is 2.19. The number of ketones is 1. The van der Waals surface area contributed by atoms with Crippen molar-refractivity contribution in [3.05, 3.63) is 12.4 Å². The molecule has 0 aliphatic carbocycles. The molecule has 16 heavy (non-hydrogen) atoms. The van der Waals surface area contributed by atoms with Gasteiger partial charge in [-0.15, -0.1) is 0 Å². The average Bonchev–Trinajstić information content (AvgIpc) is 2.22. The standard InChI is InChI=1S/C10H13FIN3O/c1-8(11)10(16)7-14-4-5-15(12)6-9(14)2-3-13/h9H,1-2,4-7H2/t9-/m0/s1. The summed E-state index contributed by atoms with van der Waals surface area (Å²) < 4.78 is 14.7. The molecular weight excluding hydrogens is 324 g/mol. The molecular formula is C10H13FIN3O. The van der Waals surface area contributed by atoms with E-state index in [1.165, 1.54) is 0 Å². The molecule has 6 heteroatoms. The van der Waals surface area contributed by atoms with Crippen LogP contribution >= 0.6 is 22.9 Å². The molecule has 1 saturated heterocycles. The van der Waals surface area contributed by atoms with Gasteiger partial charge in [-0.1, -0.05) is 6.58 Å². The zero-order chi connectivity index (χ0) is 12.1. The maximum Gasteiger partial charge on any atom is 0.204 e. The van der Waals surface area contributed by atoms with Crippen molar-refractivity contribution in [3.8, 4) is 6.07 Å². The summed E-state index contributed by atoms with van der Waals surface area (Å²) in [5, 5.41) is 8.69. The molecule has 1 aliphatic rings. The largest absolute Gasteiger partial charge is 0.290 e. The number of nitrogens with zero attached hydrogens (tertiary/aromatic N) is 3. The molecule has 0 aromatic carbocycles. The van der Waals surface area contributed by atoms with Crippen LogP contribution in [0.25, 0.3) is 0 Å². The van der Waals surface area contributed by atoms with E-state index in [1.54, 1.807) is 0 Å². The maximum atomic E-state index is 12.6. The van der Waals surface area contributed by atoms with Gasteiger partial charge in [0.15, 0.2) is 5.83 Å². The van der Waals surface area contributed by atoms with Crippen molar-refractivity contribution in [3.63, 3.8) is 0 Å². The SMILES string of the molecule is C=C(F)C(=O)CN1CCN(I)C[C@@H]1CC#N. The monoisotopic (exact) mass is 337 g/mol. The molecule has 1 heterocycles. The molecule has 0 spiro atoms. The summed E-state index contributed by atoms with van der Waals surface area (Å²) in [5.41, 5.74) is 0. The average molecular weight is 337 g/mol. The van der Waals surface area contributed by atoms with Crippen LogP contribution in [0.5, 0.6) is 0 Å². The topological polar surface area (TPSA) is 47.3 Å². The summed E-state index contributed by atoms with van der Waals surface area (Å²) in [6.45, 7) is 5.22. The van der Waals surface area contributed by atoms with Gasteiger partial charge >= 0.3 is 0 Å². The molecule has 0 bridgehead atoms. The van der Waals surface area contributed by atoms with Crippen LogP contribution in [0.15, 0.2) is 12.4 Å². The number of hydrogen-bond acceptors (Lipinski definition) is 4. The number of halogens is 2. The summed E-state index contributed by atoms with van der Waals surface area (Å²) in [6, 6.07) is 2.09. The molecule has 0 amide bonds. The van der Waals surface area contributed by atoms with E-state index in [2.05, 4.69) is 38.6 Å². The minimum Gasteiger partial charge on any atom is -0.290 e. The van der Waals surface area contributed by atoms with Crippen molar-refractivity contribution < 1.29 is 9.18 Å². The first-order valence-corrected chi connectivity index (χ1v) is 5.90. The Morgan fingerprint density at radius 2 is 2.31 bits per heavy atom. The second-order valence-corrected chi connectivity index (χ2v) is 5.05. The zero-order valence-corrected chi connectivity index (χ0v) is 11.0. The van der Waals surface area contributed by atoms with Crippen LogP contribution in [0.2, 0.25) is 0 Å². The first-order chi connectivity index (χ1) is 7.54. The first-order valence-electron chi connectivity index (χ1n) is 4.94. The van der Waals surface area contributed by atoms with Crippen LogP contribution in [0.4, 0.5) is 4.39 Å². The third kappa shape index (κ3) is 3.81. The number of hydrogen-bond donors (Lipinski definition) is 0. The fourth-order valence-electron chi connectivity index (χ4n) is 1.63. The number of Topliss-reactive ketones (excluding diaryl/α,β-unsaturated/α-hetero) is 1. The van der Waals surface area contributed by atoms with Crippen molar-refractivity contribution in [1.82, 2.24) is 8.01 Å². The highest BCUT2D eigenvalue weighted by atomic mass is 127. The Morgan fingerprint density at radius 3 is 2.88 bits per heavy atom. The second kappa shape index (κ2) is 6.27. The van der Waals surface area contributed by atoms with E-state index < -0.39 is 11.6 Å². The van der Waals surface area contributed by atoms with Crippen LogP contribution in [0.1, 0.15) is 6.42 Å². The van der Waals surface area contributed by atoms with Crippen LogP contribution in [0.3, 0.4) is 0 Å². The molecule has 1 fully saturated rings. The van der Waals surface area contributed by atoms with Crippen molar-refractivity contribution in [2.24, 2.45) is 0 Å². The Morgan fingerprint density at radius 1 is 1.62 bits per heavy atom. The Hall–Kier alpha value is -0.520. The van der Waals surface area contributed by atoms with Gasteiger partial charge in [0.05, 0.1) is 19.0 Å². The minimum atomic E-state index is -0.910. The number of carbonyl (C=O) groups is 1. The summed E-state index contributed by atoms with van der Waals surface area (Å²) in [7, 11) is 0. The molecule has 0 aromatic rings. The van der Waals surface area contributed by atoms with Gasteiger partial charge in [-0.25, -0.2) is 7.50 Å². The van der Waals surface area contributed by atoms with Crippen LogP contribution < -0.4 is 0 Å². The lowest BCUT2D eigenvalue weighted by atomic mass is 10.1. The summed E-state index contributed by atoms with van der Waals surface area (Å²) in [6.07, 6.45) is 0.353. The number of piperazine rings is 1. The Labute approximate surface area is 108 Å². The normalized spacial score (nSPS) is 22.7. The van der Waals surface area contributed by atoms with Gasteiger partial charge in [-0.05, 0) is 0 Å². The highest BCUT2D eigenvalue weighted by Crippen LogP contribution is 2.16. The summed E-state index contributed by atoms with van der Waals surface area (Å²) in [4.78, 5) is 13.1. The van der Waals surface area contributed by atoms with Gasteiger partial charge in [-0.2, -0.15) is 5.26 Å². The van der Waals surface area contributed by atoms with Crippen LogP contribution in [-0.2, 0) is 4.79 Å². The van der Waals surface area contributed by atoms with Crippen LogP contribution in [-0.4, -0.2) is 46.0 Å². The van der Waals surface area contributed by atoms with Gasteiger partial charge in [0, 0.05) is 48.5 Å². The van der Waals surface area contributed by atoms with Gasteiger partial charge in [-0.3, -0.25) is 9.69 Å². The smallest absolute Gasteiger partial charge is 0.204 e. The predicted octanol–water partition coefficient (Wildman–Crippen LogP) is 1.29. The molecule has 0 saturated carbocycles. The lowest BCUT2D eigenvalue weighted by molar-refractivity contribution is -0.118. The van der Waals surface area contributed by atoms with E-state index in [0.29, 0.717) is 13.0 Å². The lowest BCUT2D eigenvalue weighted by Crippen LogP contribution is -2.51. The van der Waals surface area contributed by atoms with E-state index in [1.807, 2.05) is 4.90 Å². The Bertz CT molecular complexity index is 329. The molecule has 0 unspecified atom stereocenters. The zero-order valence-electron chi connectivity index (χ0n) is 8.83. The van der Waals surface area contributed by atoms with E-state index in [9.17, 15) is 9.18 Å².